The lowest BCUT2D eigenvalue weighted by atomic mass is 10.0. The molecule has 0 aliphatic carbocycles. The van der Waals surface area contributed by atoms with Crippen LogP contribution in [0, 0.1) is 0 Å². The van der Waals surface area contributed by atoms with Crippen LogP contribution in [0.2, 0.25) is 0 Å². The molecular weight excluding hydrogens is 362 g/mol. The molecule has 7 heteroatoms. The number of carbonyl (C=O) groups is 1. The molecule has 6 nitrogen and oxygen atoms in total. The van der Waals surface area contributed by atoms with Crippen LogP contribution in [-0.4, -0.2) is 48.4 Å². The summed E-state index contributed by atoms with van der Waals surface area (Å²) in [7, 11) is 1.63. The van der Waals surface area contributed by atoms with Gasteiger partial charge in [-0.25, -0.2) is 9.78 Å². The summed E-state index contributed by atoms with van der Waals surface area (Å²) in [4.78, 5) is 19.5. The molecule has 27 heavy (non-hydrogen) atoms. The van der Waals surface area contributed by atoms with Gasteiger partial charge in [0.2, 0.25) is 0 Å². The first-order chi connectivity index (χ1) is 13.1. The second-order valence-corrected chi connectivity index (χ2v) is 7.78. The Morgan fingerprint density at radius 2 is 2.15 bits per heavy atom. The predicted molar refractivity (Wildman–Crippen MR) is 108 cm³/mol. The van der Waals surface area contributed by atoms with Crippen molar-refractivity contribution in [2.45, 2.75) is 18.6 Å². The van der Waals surface area contributed by atoms with Crippen molar-refractivity contribution in [1.82, 2.24) is 4.98 Å². The Hall–Kier alpha value is -2.48. The molecule has 0 spiro atoms. The van der Waals surface area contributed by atoms with Crippen molar-refractivity contribution in [1.29, 1.82) is 0 Å². The number of methoxy groups -OCH3 is 1. The summed E-state index contributed by atoms with van der Waals surface area (Å²) < 4.78 is 6.65. The number of aromatic nitrogens is 1. The highest BCUT2D eigenvalue weighted by Gasteiger charge is 2.29. The zero-order chi connectivity index (χ0) is 19.0. The van der Waals surface area contributed by atoms with E-state index in [4.69, 9.17) is 15.5 Å². The Morgan fingerprint density at radius 1 is 1.33 bits per heavy atom. The molecule has 0 radical (unpaired) electrons. The number of piperidine rings is 1. The number of hydrogen-bond acceptors (Lipinski definition) is 6. The lowest BCUT2D eigenvalue weighted by Crippen LogP contribution is -2.52. The lowest BCUT2D eigenvalue weighted by Gasteiger charge is -2.37. The molecule has 3 N–H and O–H groups in total. The molecule has 1 aliphatic rings. The summed E-state index contributed by atoms with van der Waals surface area (Å²) in [5, 5.41) is 10.8. The van der Waals surface area contributed by atoms with E-state index < -0.39 is 5.97 Å². The third-order valence-electron chi connectivity index (χ3n) is 5.00. The van der Waals surface area contributed by atoms with Crippen LogP contribution in [0.4, 0.5) is 5.82 Å². The van der Waals surface area contributed by atoms with E-state index in [2.05, 4.69) is 18.2 Å². The Bertz CT molecular complexity index is 955. The number of benzene rings is 1. The molecule has 4 rings (SSSR count). The monoisotopic (exact) mass is 383 g/mol. The van der Waals surface area contributed by atoms with Gasteiger partial charge in [0.15, 0.2) is 0 Å². The molecular formula is C20H21N3O3S. The van der Waals surface area contributed by atoms with Gasteiger partial charge >= 0.3 is 5.97 Å². The number of nitrogens with zero attached hydrogens (tertiary/aromatic N) is 2. The largest absolute Gasteiger partial charge is 0.478 e. The lowest BCUT2D eigenvalue weighted by molar-refractivity contribution is 0.0685. The van der Waals surface area contributed by atoms with Gasteiger partial charge in [-0.3, -0.25) is 0 Å². The number of rotatable bonds is 4. The highest BCUT2D eigenvalue weighted by atomic mass is 32.1. The fourth-order valence-corrected chi connectivity index (χ4v) is 4.51. The number of nitrogens with two attached hydrogens (primary N) is 1. The van der Waals surface area contributed by atoms with Gasteiger partial charge < -0.3 is 20.5 Å². The second kappa shape index (κ2) is 7.26. The molecule has 1 fully saturated rings. The Morgan fingerprint density at radius 3 is 2.89 bits per heavy atom. The van der Waals surface area contributed by atoms with Gasteiger partial charge in [-0.05, 0) is 36.1 Å². The highest BCUT2D eigenvalue weighted by molar-refractivity contribution is 7.22. The number of thiophene rings is 1. The van der Waals surface area contributed by atoms with Crippen LogP contribution in [0.3, 0.4) is 0 Å². The van der Waals surface area contributed by atoms with E-state index in [0.29, 0.717) is 18.9 Å². The van der Waals surface area contributed by atoms with Gasteiger partial charge in [0.1, 0.15) is 11.4 Å². The molecule has 1 saturated heterocycles. The molecule has 1 aromatic carbocycles. The number of aromatic carboxylic acids is 1. The number of carboxylic acid groups (broad SMARTS) is 1. The zero-order valence-electron chi connectivity index (χ0n) is 15.0. The van der Waals surface area contributed by atoms with E-state index in [0.717, 1.165) is 22.4 Å². The van der Waals surface area contributed by atoms with Crippen LogP contribution in [0.5, 0.6) is 0 Å². The number of hydrogen-bond donors (Lipinski definition) is 2. The minimum atomic E-state index is -0.982. The van der Waals surface area contributed by atoms with E-state index in [1.807, 2.05) is 17.0 Å². The van der Waals surface area contributed by atoms with Gasteiger partial charge in [0, 0.05) is 30.9 Å². The van der Waals surface area contributed by atoms with Crippen molar-refractivity contribution in [2.75, 3.05) is 25.1 Å². The summed E-state index contributed by atoms with van der Waals surface area (Å²) in [5.41, 5.74) is 7.08. The molecule has 2 atom stereocenters. The van der Waals surface area contributed by atoms with Crippen LogP contribution in [-0.2, 0) is 4.74 Å². The maximum absolute atomic E-state index is 11.7. The minimum Gasteiger partial charge on any atom is -0.478 e. The number of fused-ring (bicyclic) bond motifs is 1. The van der Waals surface area contributed by atoms with Crippen LogP contribution in [0.15, 0.2) is 42.5 Å². The normalized spacial score (nSPS) is 20.1. The van der Waals surface area contributed by atoms with Gasteiger partial charge in [-0.15, -0.1) is 11.3 Å². The predicted octanol–water partition coefficient (Wildman–Crippen LogP) is 3.21. The van der Waals surface area contributed by atoms with Crippen molar-refractivity contribution in [3.8, 4) is 10.6 Å². The number of carboxylic acids is 1. The average molecular weight is 383 g/mol. The van der Waals surface area contributed by atoms with Crippen LogP contribution in [0.1, 0.15) is 16.8 Å². The molecule has 3 heterocycles. The maximum atomic E-state index is 11.7. The van der Waals surface area contributed by atoms with Crippen molar-refractivity contribution >= 4 is 33.2 Å². The van der Waals surface area contributed by atoms with E-state index in [9.17, 15) is 9.90 Å². The van der Waals surface area contributed by atoms with Crippen molar-refractivity contribution in [3.63, 3.8) is 0 Å². The zero-order valence-corrected chi connectivity index (χ0v) is 15.8. The molecule has 0 saturated carbocycles. The van der Waals surface area contributed by atoms with E-state index >= 15 is 0 Å². The minimum absolute atomic E-state index is 0.0506. The summed E-state index contributed by atoms with van der Waals surface area (Å²) in [6.07, 6.45) is 0.585. The van der Waals surface area contributed by atoms with E-state index in [1.165, 1.54) is 4.70 Å². The average Bonchev–Trinajstić information content (AvgIpc) is 3.12. The SMILES string of the molecule is CO[C@H]1CN(c2nc(-c3cc4ccccc4s3)ccc2C(=O)O)CC[C@H]1N. The number of ether oxygens (including phenoxy) is 1. The molecule has 2 aromatic heterocycles. The summed E-state index contributed by atoms with van der Waals surface area (Å²) in [6.45, 7) is 1.19. The van der Waals surface area contributed by atoms with Crippen molar-refractivity contribution < 1.29 is 14.6 Å². The Labute approximate surface area is 161 Å². The molecule has 0 bridgehead atoms. The van der Waals surface area contributed by atoms with Crippen molar-refractivity contribution in [3.05, 3.63) is 48.0 Å². The smallest absolute Gasteiger partial charge is 0.339 e. The highest BCUT2D eigenvalue weighted by Crippen LogP contribution is 2.34. The van der Waals surface area contributed by atoms with Crippen LogP contribution >= 0.6 is 11.3 Å². The third-order valence-corrected chi connectivity index (χ3v) is 6.13. The van der Waals surface area contributed by atoms with E-state index in [1.54, 1.807) is 30.6 Å². The first-order valence-corrected chi connectivity index (χ1v) is 9.65. The number of anilines is 1. The molecule has 0 unspecified atom stereocenters. The van der Waals surface area contributed by atoms with Crippen LogP contribution in [0.25, 0.3) is 20.7 Å². The third kappa shape index (κ3) is 3.41. The Balaban J connectivity index is 1.75. The second-order valence-electron chi connectivity index (χ2n) is 6.69. The molecule has 1 aliphatic heterocycles. The fraction of sp³-hybridized carbons (Fsp3) is 0.300. The van der Waals surface area contributed by atoms with Gasteiger partial charge in [-0.2, -0.15) is 0 Å². The van der Waals surface area contributed by atoms with Gasteiger partial charge in [0.25, 0.3) is 0 Å². The quantitative estimate of drug-likeness (QED) is 0.719. The maximum Gasteiger partial charge on any atom is 0.339 e. The summed E-state index contributed by atoms with van der Waals surface area (Å²) in [5.74, 6) is -0.504. The van der Waals surface area contributed by atoms with Crippen LogP contribution < -0.4 is 10.6 Å². The van der Waals surface area contributed by atoms with Gasteiger partial charge in [-0.1, -0.05) is 18.2 Å². The van der Waals surface area contributed by atoms with Gasteiger partial charge in [0.05, 0.1) is 16.7 Å². The standard InChI is InChI=1S/C20H21N3O3S/c1-26-16-11-23(9-8-14(16)21)19-13(20(24)25)6-7-15(22-19)18-10-12-4-2-3-5-17(12)27-18/h2-7,10,14,16H,8-9,11,21H2,1H3,(H,24,25)/t14-,16+/m1/s1. The molecule has 0 amide bonds. The summed E-state index contributed by atoms with van der Waals surface area (Å²) in [6, 6.07) is 13.6. The topological polar surface area (TPSA) is 88.7 Å². The van der Waals surface area contributed by atoms with E-state index in [-0.39, 0.29) is 17.7 Å². The molecule has 3 aromatic rings. The summed E-state index contributed by atoms with van der Waals surface area (Å²) >= 11 is 1.65. The fourth-order valence-electron chi connectivity index (χ4n) is 3.48. The first-order valence-electron chi connectivity index (χ1n) is 8.83. The first kappa shape index (κ1) is 17.9. The number of pyridine rings is 1. The molecule has 140 valence electrons. The Kier molecular flexibility index (Phi) is 4.82. The van der Waals surface area contributed by atoms with Crippen molar-refractivity contribution in [2.24, 2.45) is 5.73 Å².